The number of rotatable bonds is 39. The van der Waals surface area contributed by atoms with Crippen LogP contribution in [0.4, 0.5) is 0 Å². The maximum Gasteiger partial charge on any atom is 0.153 e. The fraction of sp³-hybridized carbons (Fsp3) is 0.643. The van der Waals surface area contributed by atoms with E-state index < -0.39 is 0 Å². The number of nitrogens with zero attached hydrogens (tertiary/aromatic N) is 3. The minimum atomic E-state index is 0.771. The van der Waals surface area contributed by atoms with Gasteiger partial charge in [-0.15, -0.1) is 0 Å². The van der Waals surface area contributed by atoms with Crippen LogP contribution >= 0.6 is 0 Å². The monoisotopic (exact) mass is 834 g/mol. The van der Waals surface area contributed by atoms with Crippen LogP contribution in [0.3, 0.4) is 0 Å². The molecule has 338 valence electrons. The first-order chi connectivity index (χ1) is 30.3. The lowest BCUT2D eigenvalue weighted by atomic mass is 10.0. The van der Waals surface area contributed by atoms with Crippen molar-refractivity contribution in [3.05, 3.63) is 79.0 Å². The van der Waals surface area contributed by atoms with Crippen LogP contribution in [0.15, 0.2) is 79.0 Å². The average Bonchev–Trinajstić information content (AvgIpc) is 3.75. The molecule has 61 heavy (non-hydrogen) atoms. The molecule has 0 radical (unpaired) electrons. The Hall–Kier alpha value is -3.60. The van der Waals surface area contributed by atoms with Gasteiger partial charge in [-0.2, -0.15) is 5.10 Å². The second-order valence-corrected chi connectivity index (χ2v) is 17.9. The van der Waals surface area contributed by atoms with Gasteiger partial charge in [0.2, 0.25) is 0 Å². The van der Waals surface area contributed by atoms with Gasteiger partial charge in [-0.25, -0.2) is 9.67 Å². The van der Waals surface area contributed by atoms with Gasteiger partial charge >= 0.3 is 0 Å². The summed E-state index contributed by atoms with van der Waals surface area (Å²) in [5.41, 5.74) is 4.05. The van der Waals surface area contributed by atoms with Gasteiger partial charge in [0.25, 0.3) is 0 Å². The zero-order valence-corrected chi connectivity index (χ0v) is 39.2. The van der Waals surface area contributed by atoms with Crippen molar-refractivity contribution in [1.29, 1.82) is 0 Å². The number of ether oxygens (including phenoxy) is 2. The van der Waals surface area contributed by atoms with E-state index in [2.05, 4.69) is 73.4 Å². The fourth-order valence-electron chi connectivity index (χ4n) is 8.51. The molecule has 2 aromatic heterocycles. The lowest BCUT2D eigenvalue weighted by molar-refractivity contribution is 0.304. The fourth-order valence-corrected chi connectivity index (χ4v) is 8.51. The van der Waals surface area contributed by atoms with Crippen LogP contribution in [-0.4, -0.2) is 28.0 Å². The second-order valence-electron chi connectivity index (χ2n) is 17.9. The lowest BCUT2D eigenvalue weighted by Crippen LogP contribution is -2.01. The van der Waals surface area contributed by atoms with E-state index in [1.807, 2.05) is 29.1 Å². The Labute approximate surface area is 374 Å². The van der Waals surface area contributed by atoms with Gasteiger partial charge in [0.15, 0.2) is 5.82 Å². The van der Waals surface area contributed by atoms with Crippen LogP contribution in [0.5, 0.6) is 11.5 Å². The van der Waals surface area contributed by atoms with Crippen LogP contribution in [-0.2, 0) is 0 Å². The first kappa shape index (κ1) is 50.0. The van der Waals surface area contributed by atoms with Crippen LogP contribution < -0.4 is 9.47 Å². The molecule has 2 aromatic carbocycles. The van der Waals surface area contributed by atoms with Gasteiger partial charge < -0.3 is 9.47 Å². The summed E-state index contributed by atoms with van der Waals surface area (Å²) < 4.78 is 14.2. The molecule has 0 saturated carbocycles. The van der Waals surface area contributed by atoms with Gasteiger partial charge in [0.05, 0.1) is 24.6 Å². The molecule has 2 heterocycles. The van der Waals surface area contributed by atoms with Gasteiger partial charge in [-0.3, -0.25) is 0 Å². The Bertz CT molecular complexity index is 1580. The summed E-state index contributed by atoms with van der Waals surface area (Å²) in [7, 11) is 0. The molecule has 0 unspecified atom stereocenters. The highest BCUT2D eigenvalue weighted by Gasteiger charge is 2.14. The maximum absolute atomic E-state index is 6.16. The van der Waals surface area contributed by atoms with Crippen LogP contribution in [0.25, 0.3) is 28.3 Å². The molecule has 5 heteroatoms. The van der Waals surface area contributed by atoms with E-state index in [-0.39, 0.29) is 0 Å². The molecule has 0 spiro atoms. The highest BCUT2D eigenvalue weighted by molar-refractivity contribution is 5.71. The largest absolute Gasteiger partial charge is 0.494 e. The van der Waals surface area contributed by atoms with E-state index in [0.29, 0.717) is 0 Å². The van der Waals surface area contributed by atoms with Gasteiger partial charge in [0, 0.05) is 17.3 Å². The molecule has 0 aliphatic carbocycles. The SMILES string of the molecule is CCCCCCCCCCCCCCCCCCOc1ccc(-c2cc(-c3ccc(OCCCCCCCCCCCCCCCCCC)cc3)n(-c3ccccn3)n2)cc1. The predicted molar refractivity (Wildman–Crippen MR) is 262 cm³/mol. The Morgan fingerprint density at radius 1 is 0.393 bits per heavy atom. The Balaban J connectivity index is 1.09. The Morgan fingerprint density at radius 2 is 0.754 bits per heavy atom. The minimum Gasteiger partial charge on any atom is -0.494 e. The van der Waals surface area contributed by atoms with Crippen LogP contribution in [0.2, 0.25) is 0 Å². The maximum atomic E-state index is 6.16. The van der Waals surface area contributed by atoms with Crippen molar-refractivity contribution in [3.8, 4) is 39.8 Å². The third-order valence-electron chi connectivity index (χ3n) is 12.4. The summed E-state index contributed by atoms with van der Waals surface area (Å²) in [6.07, 6.45) is 46.0. The first-order valence-electron chi connectivity index (χ1n) is 25.8. The second kappa shape index (κ2) is 34.0. The summed E-state index contributed by atoms with van der Waals surface area (Å²) in [4.78, 5) is 4.63. The summed E-state index contributed by atoms with van der Waals surface area (Å²) in [6.45, 7) is 6.14. The zero-order valence-electron chi connectivity index (χ0n) is 39.2. The number of unbranched alkanes of at least 4 members (excludes halogenated alkanes) is 30. The highest BCUT2D eigenvalue weighted by Crippen LogP contribution is 2.31. The topological polar surface area (TPSA) is 49.2 Å². The molecule has 4 rings (SSSR count). The van der Waals surface area contributed by atoms with Crippen molar-refractivity contribution in [1.82, 2.24) is 14.8 Å². The summed E-state index contributed by atoms with van der Waals surface area (Å²) in [6, 6.07) is 25.0. The standard InChI is InChI=1S/C56H87N3O2/c1-3-5-7-9-11-13-15-17-19-21-23-25-27-29-31-35-47-60-52-42-38-50(39-43-52)54-49-55(59(58-54)56-37-33-34-46-57-56)51-40-44-53(45-41-51)61-48-36-32-30-28-26-24-22-20-18-16-14-12-10-8-6-4-2/h33-34,37-46,49H,3-32,35-36,47-48H2,1-2H3. The summed E-state index contributed by atoms with van der Waals surface area (Å²) in [5.74, 6) is 2.64. The third-order valence-corrected chi connectivity index (χ3v) is 12.4. The molecule has 0 aliphatic heterocycles. The summed E-state index contributed by atoms with van der Waals surface area (Å²) >= 11 is 0. The van der Waals surface area contributed by atoms with Gasteiger partial charge in [0.1, 0.15) is 11.5 Å². The molecule has 0 aliphatic rings. The highest BCUT2D eigenvalue weighted by atomic mass is 16.5. The number of hydrogen-bond donors (Lipinski definition) is 0. The Morgan fingerprint density at radius 3 is 1.11 bits per heavy atom. The number of benzene rings is 2. The third kappa shape index (κ3) is 22.4. The first-order valence-corrected chi connectivity index (χ1v) is 25.8. The number of hydrogen-bond acceptors (Lipinski definition) is 4. The van der Waals surface area contributed by atoms with E-state index in [9.17, 15) is 0 Å². The lowest BCUT2D eigenvalue weighted by Gasteiger charge is -2.09. The molecule has 5 nitrogen and oxygen atoms in total. The Kier molecular flexibility index (Phi) is 27.9. The molecule has 0 saturated heterocycles. The smallest absolute Gasteiger partial charge is 0.153 e. The van der Waals surface area contributed by atoms with E-state index in [1.165, 1.54) is 193 Å². The average molecular weight is 834 g/mol. The quantitative estimate of drug-likeness (QED) is 0.0420. The minimum absolute atomic E-state index is 0.771. The van der Waals surface area contributed by atoms with Crippen molar-refractivity contribution >= 4 is 0 Å². The molecule has 0 fully saturated rings. The van der Waals surface area contributed by atoms with E-state index >= 15 is 0 Å². The van der Waals surface area contributed by atoms with E-state index in [0.717, 1.165) is 65.9 Å². The van der Waals surface area contributed by atoms with E-state index in [4.69, 9.17) is 14.6 Å². The van der Waals surface area contributed by atoms with Gasteiger partial charge in [-0.05, 0) is 79.6 Å². The summed E-state index contributed by atoms with van der Waals surface area (Å²) in [5, 5.41) is 5.04. The molecule has 4 aromatic rings. The van der Waals surface area contributed by atoms with Crippen molar-refractivity contribution in [3.63, 3.8) is 0 Å². The van der Waals surface area contributed by atoms with Gasteiger partial charge in [-0.1, -0.05) is 213 Å². The molecule has 0 N–H and O–H groups in total. The van der Waals surface area contributed by atoms with E-state index in [1.54, 1.807) is 0 Å². The number of aromatic nitrogens is 3. The zero-order chi connectivity index (χ0) is 42.7. The normalized spacial score (nSPS) is 11.4. The van der Waals surface area contributed by atoms with Crippen molar-refractivity contribution in [2.45, 2.75) is 219 Å². The molecule has 0 atom stereocenters. The molecule has 0 amide bonds. The van der Waals surface area contributed by atoms with Crippen molar-refractivity contribution in [2.24, 2.45) is 0 Å². The predicted octanol–water partition coefficient (Wildman–Crippen LogP) is 17.9. The van der Waals surface area contributed by atoms with Crippen LogP contribution in [0, 0.1) is 0 Å². The molecule has 0 bridgehead atoms. The van der Waals surface area contributed by atoms with Crippen molar-refractivity contribution < 1.29 is 9.47 Å². The number of pyridine rings is 1. The molecular weight excluding hydrogens is 747 g/mol. The van der Waals surface area contributed by atoms with Crippen molar-refractivity contribution in [2.75, 3.05) is 13.2 Å². The molecular formula is C56H87N3O2. The van der Waals surface area contributed by atoms with Crippen LogP contribution in [0.1, 0.15) is 219 Å².